The summed E-state index contributed by atoms with van der Waals surface area (Å²) >= 11 is 0. The Balaban J connectivity index is 2.71. The highest BCUT2D eigenvalue weighted by molar-refractivity contribution is 5.62. The molecule has 1 aliphatic rings. The first-order chi connectivity index (χ1) is 5.63. The third-order valence-corrected chi connectivity index (χ3v) is 2.32. The minimum absolute atomic E-state index is 0.322. The highest BCUT2D eigenvalue weighted by atomic mass is 15.4. The second kappa shape index (κ2) is 3.78. The molecule has 12 heavy (non-hydrogen) atoms. The average Bonchev–Trinajstić information content (AvgIpc) is 2.04. The number of rotatable bonds is 2. The lowest BCUT2D eigenvalue weighted by molar-refractivity contribution is 0.328. The lowest BCUT2D eigenvalue weighted by atomic mass is 9.84. The van der Waals surface area contributed by atoms with Crippen molar-refractivity contribution in [1.29, 1.82) is 0 Å². The molecule has 0 aromatic rings. The summed E-state index contributed by atoms with van der Waals surface area (Å²) in [6, 6.07) is 0.322. The summed E-state index contributed by atoms with van der Waals surface area (Å²) in [7, 11) is 0. The van der Waals surface area contributed by atoms with Gasteiger partial charge in [0.05, 0.1) is 6.04 Å². The molecular weight excluding hydrogens is 150 g/mol. The summed E-state index contributed by atoms with van der Waals surface area (Å²) < 4.78 is 0. The fourth-order valence-corrected chi connectivity index (χ4v) is 1.51. The van der Waals surface area contributed by atoms with Crippen LogP contribution in [0.2, 0.25) is 0 Å². The molecule has 0 aliphatic carbocycles. The van der Waals surface area contributed by atoms with Gasteiger partial charge in [-0.1, -0.05) is 27.7 Å². The Morgan fingerprint density at radius 1 is 1.08 bits per heavy atom. The highest BCUT2D eigenvalue weighted by Crippen LogP contribution is 2.24. The molecule has 0 saturated heterocycles. The minimum Gasteiger partial charge on any atom is -0.165 e. The van der Waals surface area contributed by atoms with Crippen molar-refractivity contribution < 1.29 is 0 Å². The molecule has 0 amide bonds. The van der Waals surface area contributed by atoms with Crippen molar-refractivity contribution in [2.45, 2.75) is 33.7 Å². The molecule has 2 unspecified atom stereocenters. The molecule has 2 atom stereocenters. The van der Waals surface area contributed by atoms with Crippen LogP contribution >= 0.6 is 0 Å². The standard InChI is InChI=1S/C9H17N3/c1-6(2)8-5-10-12-11-9(8)7(3)4/h5-9H,1-4H3. The van der Waals surface area contributed by atoms with E-state index in [2.05, 4.69) is 43.1 Å². The second-order valence-corrected chi connectivity index (χ2v) is 4.03. The van der Waals surface area contributed by atoms with Crippen molar-refractivity contribution in [1.82, 2.24) is 0 Å². The Morgan fingerprint density at radius 2 is 1.75 bits per heavy atom. The van der Waals surface area contributed by atoms with Crippen LogP contribution in [-0.2, 0) is 0 Å². The van der Waals surface area contributed by atoms with Crippen LogP contribution in [0.4, 0.5) is 0 Å². The van der Waals surface area contributed by atoms with E-state index in [0.717, 1.165) is 0 Å². The van der Waals surface area contributed by atoms with Crippen LogP contribution in [0.3, 0.4) is 0 Å². The quantitative estimate of drug-likeness (QED) is 0.606. The zero-order chi connectivity index (χ0) is 9.14. The van der Waals surface area contributed by atoms with E-state index in [0.29, 0.717) is 23.8 Å². The first kappa shape index (κ1) is 9.36. The first-order valence-corrected chi connectivity index (χ1v) is 4.56. The molecule has 1 heterocycles. The van der Waals surface area contributed by atoms with E-state index < -0.39 is 0 Å². The van der Waals surface area contributed by atoms with Crippen molar-refractivity contribution >= 4 is 6.21 Å². The molecule has 68 valence electrons. The zero-order valence-corrected chi connectivity index (χ0v) is 8.23. The van der Waals surface area contributed by atoms with Gasteiger partial charge in [0.2, 0.25) is 0 Å². The average molecular weight is 167 g/mol. The van der Waals surface area contributed by atoms with Gasteiger partial charge < -0.3 is 0 Å². The fraction of sp³-hybridized carbons (Fsp3) is 0.889. The molecule has 0 N–H and O–H groups in total. The molecule has 0 fully saturated rings. The second-order valence-electron chi connectivity index (χ2n) is 4.03. The molecule has 3 heteroatoms. The molecule has 1 aliphatic heterocycles. The Morgan fingerprint density at radius 3 is 2.17 bits per heavy atom. The van der Waals surface area contributed by atoms with Gasteiger partial charge in [-0.05, 0) is 17.1 Å². The number of hydrogen-bond donors (Lipinski definition) is 0. The van der Waals surface area contributed by atoms with Crippen LogP contribution in [0.5, 0.6) is 0 Å². The SMILES string of the molecule is CC(C)C1C=NN=NC1C(C)C. The van der Waals surface area contributed by atoms with Gasteiger partial charge in [0.15, 0.2) is 0 Å². The van der Waals surface area contributed by atoms with Crippen molar-refractivity contribution in [3.05, 3.63) is 0 Å². The smallest absolute Gasteiger partial charge is 0.0833 e. The third-order valence-electron chi connectivity index (χ3n) is 2.32. The van der Waals surface area contributed by atoms with Gasteiger partial charge in [-0.3, -0.25) is 0 Å². The monoisotopic (exact) mass is 167 g/mol. The molecule has 0 aromatic carbocycles. The van der Waals surface area contributed by atoms with E-state index in [1.165, 1.54) is 0 Å². The van der Waals surface area contributed by atoms with Gasteiger partial charge in [-0.2, -0.15) is 5.11 Å². The van der Waals surface area contributed by atoms with E-state index in [1.807, 2.05) is 6.21 Å². The van der Waals surface area contributed by atoms with Gasteiger partial charge in [-0.25, -0.2) is 0 Å². The Bertz CT molecular complexity index is 172. The molecule has 0 aromatic heterocycles. The van der Waals surface area contributed by atoms with Crippen LogP contribution in [-0.4, -0.2) is 12.3 Å². The molecule has 3 nitrogen and oxygen atoms in total. The Labute approximate surface area is 74.0 Å². The van der Waals surface area contributed by atoms with E-state index in [-0.39, 0.29) is 0 Å². The minimum atomic E-state index is 0.322. The largest absolute Gasteiger partial charge is 0.165 e. The lowest BCUT2D eigenvalue weighted by Crippen LogP contribution is -2.30. The third kappa shape index (κ3) is 1.90. The van der Waals surface area contributed by atoms with E-state index in [1.54, 1.807) is 0 Å². The summed E-state index contributed by atoms with van der Waals surface area (Å²) in [6.45, 7) is 8.76. The van der Waals surface area contributed by atoms with E-state index >= 15 is 0 Å². The maximum atomic E-state index is 4.16. The maximum Gasteiger partial charge on any atom is 0.0833 e. The van der Waals surface area contributed by atoms with Gasteiger partial charge in [0.25, 0.3) is 0 Å². The summed E-state index contributed by atoms with van der Waals surface area (Å²) in [5.74, 6) is 1.61. The normalized spacial score (nSPS) is 28.8. The number of hydrogen-bond acceptors (Lipinski definition) is 3. The zero-order valence-electron chi connectivity index (χ0n) is 8.23. The van der Waals surface area contributed by atoms with Crippen LogP contribution in [0.15, 0.2) is 15.4 Å². The molecular formula is C9H17N3. The van der Waals surface area contributed by atoms with E-state index in [9.17, 15) is 0 Å². The van der Waals surface area contributed by atoms with E-state index in [4.69, 9.17) is 0 Å². The van der Waals surface area contributed by atoms with Crippen molar-refractivity contribution in [2.75, 3.05) is 0 Å². The van der Waals surface area contributed by atoms with Crippen LogP contribution < -0.4 is 0 Å². The summed E-state index contributed by atoms with van der Waals surface area (Å²) in [5.41, 5.74) is 0. The summed E-state index contributed by atoms with van der Waals surface area (Å²) in [4.78, 5) is 0. The predicted octanol–water partition coefficient (Wildman–Crippen LogP) is 2.73. The first-order valence-electron chi connectivity index (χ1n) is 4.56. The lowest BCUT2D eigenvalue weighted by Gasteiger charge is -2.26. The predicted molar refractivity (Wildman–Crippen MR) is 50.3 cm³/mol. The Kier molecular flexibility index (Phi) is 2.95. The molecule has 0 radical (unpaired) electrons. The fourth-order valence-electron chi connectivity index (χ4n) is 1.51. The van der Waals surface area contributed by atoms with Gasteiger partial charge in [0.1, 0.15) is 0 Å². The van der Waals surface area contributed by atoms with Gasteiger partial charge >= 0.3 is 0 Å². The molecule has 1 rings (SSSR count). The van der Waals surface area contributed by atoms with Gasteiger partial charge in [0, 0.05) is 12.1 Å². The van der Waals surface area contributed by atoms with Crippen molar-refractivity contribution in [2.24, 2.45) is 33.2 Å². The van der Waals surface area contributed by atoms with Crippen LogP contribution in [0.1, 0.15) is 27.7 Å². The number of nitrogens with zero attached hydrogens (tertiary/aromatic N) is 3. The maximum absolute atomic E-state index is 4.16. The highest BCUT2D eigenvalue weighted by Gasteiger charge is 2.27. The van der Waals surface area contributed by atoms with Crippen molar-refractivity contribution in [3.8, 4) is 0 Å². The van der Waals surface area contributed by atoms with Crippen LogP contribution in [0, 0.1) is 17.8 Å². The molecule has 0 bridgehead atoms. The summed E-state index contributed by atoms with van der Waals surface area (Å²) in [5, 5.41) is 11.7. The van der Waals surface area contributed by atoms with Gasteiger partial charge in [-0.15, -0.1) is 5.10 Å². The summed E-state index contributed by atoms with van der Waals surface area (Å²) in [6.07, 6.45) is 1.93. The van der Waals surface area contributed by atoms with Crippen LogP contribution in [0.25, 0.3) is 0 Å². The molecule has 0 saturated carbocycles. The topological polar surface area (TPSA) is 37.1 Å². The molecule has 0 spiro atoms. The Hall–Kier alpha value is -0.730. The van der Waals surface area contributed by atoms with Crippen molar-refractivity contribution in [3.63, 3.8) is 0 Å².